The molecule has 4 nitrogen and oxygen atoms in total. The lowest BCUT2D eigenvalue weighted by Crippen LogP contribution is -2.19. The number of aliphatic hydroxyl groups excluding tert-OH is 1. The highest BCUT2D eigenvalue weighted by Crippen LogP contribution is 2.05. The van der Waals surface area contributed by atoms with Crippen molar-refractivity contribution in [3.05, 3.63) is 24.2 Å². The van der Waals surface area contributed by atoms with Crippen LogP contribution in [0.3, 0.4) is 0 Å². The molecule has 0 spiro atoms. The first-order valence-electron chi connectivity index (χ1n) is 4.16. The van der Waals surface area contributed by atoms with E-state index in [1.165, 1.54) is 6.92 Å². The van der Waals surface area contributed by atoms with Gasteiger partial charge in [0.1, 0.15) is 12.4 Å². The number of hydrogen-bond donors (Lipinski definition) is 1. The van der Waals surface area contributed by atoms with E-state index in [9.17, 15) is 0 Å². The second-order valence-electron chi connectivity index (χ2n) is 2.69. The summed E-state index contributed by atoms with van der Waals surface area (Å²) in [4.78, 5) is 0. The van der Waals surface area contributed by atoms with Crippen LogP contribution in [0.15, 0.2) is 22.8 Å². The van der Waals surface area contributed by atoms with Crippen LogP contribution in [0.2, 0.25) is 0 Å². The molecule has 0 fully saturated rings. The van der Waals surface area contributed by atoms with Crippen LogP contribution < -0.4 is 0 Å². The van der Waals surface area contributed by atoms with Gasteiger partial charge in [-0.3, -0.25) is 0 Å². The summed E-state index contributed by atoms with van der Waals surface area (Å²) >= 11 is 0. The molecule has 0 bridgehead atoms. The standard InChI is InChI=1S/C9H14O4/c1-7(10)13-8(2)12-6-9-4-3-5-11-9/h3-5,7-8,10H,6H2,1-2H3. The van der Waals surface area contributed by atoms with Crippen molar-refractivity contribution in [3.8, 4) is 0 Å². The Kier molecular flexibility index (Phi) is 3.95. The van der Waals surface area contributed by atoms with Crippen molar-refractivity contribution in [2.24, 2.45) is 0 Å². The number of rotatable bonds is 5. The second kappa shape index (κ2) is 5.01. The van der Waals surface area contributed by atoms with Crippen LogP contribution in [0.4, 0.5) is 0 Å². The minimum absolute atomic E-state index is 0.348. The first-order valence-corrected chi connectivity index (χ1v) is 4.16. The first-order chi connectivity index (χ1) is 6.18. The minimum atomic E-state index is -0.813. The summed E-state index contributed by atoms with van der Waals surface area (Å²) in [5.41, 5.74) is 0. The van der Waals surface area contributed by atoms with Crippen molar-refractivity contribution in [1.82, 2.24) is 0 Å². The largest absolute Gasteiger partial charge is 0.467 e. The second-order valence-corrected chi connectivity index (χ2v) is 2.69. The van der Waals surface area contributed by atoms with Gasteiger partial charge in [0.25, 0.3) is 0 Å². The Balaban J connectivity index is 2.19. The molecule has 2 unspecified atom stereocenters. The maximum atomic E-state index is 8.85. The Hall–Kier alpha value is -0.840. The normalized spacial score (nSPS) is 15.6. The summed E-state index contributed by atoms with van der Waals surface area (Å²) in [5.74, 6) is 0.737. The summed E-state index contributed by atoms with van der Waals surface area (Å²) in [6, 6.07) is 3.61. The molecule has 1 aromatic rings. The molecule has 1 heterocycles. The fourth-order valence-corrected chi connectivity index (χ4v) is 0.911. The average molecular weight is 186 g/mol. The van der Waals surface area contributed by atoms with Gasteiger partial charge in [-0.25, -0.2) is 0 Å². The van der Waals surface area contributed by atoms with E-state index in [2.05, 4.69) is 0 Å². The fraction of sp³-hybridized carbons (Fsp3) is 0.556. The van der Waals surface area contributed by atoms with E-state index >= 15 is 0 Å². The van der Waals surface area contributed by atoms with Crippen LogP contribution in [-0.2, 0) is 16.1 Å². The third kappa shape index (κ3) is 4.07. The SMILES string of the molecule is CC(O)OC(C)OCc1ccco1. The molecule has 4 heteroatoms. The van der Waals surface area contributed by atoms with Gasteiger partial charge in [-0.1, -0.05) is 0 Å². The number of aliphatic hydroxyl groups is 1. The molecule has 0 radical (unpaired) electrons. The van der Waals surface area contributed by atoms with E-state index in [-0.39, 0.29) is 0 Å². The minimum Gasteiger partial charge on any atom is -0.467 e. The number of ether oxygens (including phenoxy) is 2. The zero-order valence-corrected chi connectivity index (χ0v) is 7.77. The molecule has 0 aliphatic carbocycles. The van der Waals surface area contributed by atoms with Crippen molar-refractivity contribution < 1.29 is 19.0 Å². The Morgan fingerprint density at radius 2 is 2.31 bits per heavy atom. The monoisotopic (exact) mass is 186 g/mol. The smallest absolute Gasteiger partial charge is 0.158 e. The first kappa shape index (κ1) is 10.2. The van der Waals surface area contributed by atoms with Crippen molar-refractivity contribution in [2.45, 2.75) is 33.0 Å². The van der Waals surface area contributed by atoms with Crippen molar-refractivity contribution in [1.29, 1.82) is 0 Å². The summed E-state index contributed by atoms with van der Waals surface area (Å²) in [6.45, 7) is 3.60. The average Bonchev–Trinajstić information content (AvgIpc) is 2.51. The van der Waals surface area contributed by atoms with Gasteiger partial charge in [0.05, 0.1) is 6.26 Å². The van der Waals surface area contributed by atoms with Gasteiger partial charge in [0, 0.05) is 0 Å². The molecule has 1 N–H and O–H groups in total. The van der Waals surface area contributed by atoms with E-state index < -0.39 is 12.6 Å². The lowest BCUT2D eigenvalue weighted by molar-refractivity contribution is -0.218. The van der Waals surface area contributed by atoms with E-state index in [0.717, 1.165) is 5.76 Å². The van der Waals surface area contributed by atoms with E-state index in [1.54, 1.807) is 19.3 Å². The third-order valence-electron chi connectivity index (χ3n) is 1.43. The lowest BCUT2D eigenvalue weighted by Gasteiger charge is -2.14. The van der Waals surface area contributed by atoms with Crippen LogP contribution in [0, 0.1) is 0 Å². The van der Waals surface area contributed by atoms with Crippen molar-refractivity contribution in [2.75, 3.05) is 0 Å². The molecule has 1 aromatic heterocycles. The van der Waals surface area contributed by atoms with E-state index in [0.29, 0.717) is 6.61 Å². The van der Waals surface area contributed by atoms with Crippen LogP contribution in [0.25, 0.3) is 0 Å². The van der Waals surface area contributed by atoms with E-state index in [4.69, 9.17) is 19.0 Å². The predicted octanol–water partition coefficient (Wildman–Crippen LogP) is 1.50. The molecule has 1 rings (SSSR count). The van der Waals surface area contributed by atoms with Gasteiger partial charge in [0.15, 0.2) is 12.6 Å². The Bertz CT molecular complexity index is 218. The van der Waals surface area contributed by atoms with Gasteiger partial charge in [-0.05, 0) is 26.0 Å². The highest BCUT2D eigenvalue weighted by Gasteiger charge is 2.06. The zero-order chi connectivity index (χ0) is 9.68. The Morgan fingerprint density at radius 3 is 2.85 bits per heavy atom. The maximum absolute atomic E-state index is 8.85. The van der Waals surface area contributed by atoms with Crippen LogP contribution >= 0.6 is 0 Å². The molecule has 13 heavy (non-hydrogen) atoms. The summed E-state index contributed by atoms with van der Waals surface area (Å²) in [5, 5.41) is 8.85. The molecule has 0 saturated heterocycles. The third-order valence-corrected chi connectivity index (χ3v) is 1.43. The number of furan rings is 1. The van der Waals surface area contributed by atoms with Gasteiger partial charge in [0.2, 0.25) is 0 Å². The molecule has 0 amide bonds. The van der Waals surface area contributed by atoms with Gasteiger partial charge >= 0.3 is 0 Å². The quantitative estimate of drug-likeness (QED) is 0.708. The van der Waals surface area contributed by atoms with Gasteiger partial charge < -0.3 is 19.0 Å². The molecule has 74 valence electrons. The highest BCUT2D eigenvalue weighted by atomic mass is 16.7. The highest BCUT2D eigenvalue weighted by molar-refractivity contribution is 4.95. The maximum Gasteiger partial charge on any atom is 0.158 e. The van der Waals surface area contributed by atoms with Gasteiger partial charge in [-0.15, -0.1) is 0 Å². The van der Waals surface area contributed by atoms with Crippen molar-refractivity contribution in [3.63, 3.8) is 0 Å². The van der Waals surface area contributed by atoms with E-state index in [1.807, 2.05) is 6.07 Å². The molecule has 0 aliphatic heterocycles. The lowest BCUT2D eigenvalue weighted by atomic mass is 10.5. The molecule has 2 atom stereocenters. The Labute approximate surface area is 77.1 Å². The van der Waals surface area contributed by atoms with Crippen molar-refractivity contribution >= 4 is 0 Å². The number of hydrogen-bond acceptors (Lipinski definition) is 4. The molecular weight excluding hydrogens is 172 g/mol. The summed E-state index contributed by atoms with van der Waals surface area (Å²) in [7, 11) is 0. The summed E-state index contributed by atoms with van der Waals surface area (Å²) < 4.78 is 15.2. The zero-order valence-electron chi connectivity index (χ0n) is 7.77. The molecular formula is C9H14O4. The molecule has 0 aliphatic rings. The van der Waals surface area contributed by atoms with Gasteiger partial charge in [-0.2, -0.15) is 0 Å². The fourth-order valence-electron chi connectivity index (χ4n) is 0.911. The van der Waals surface area contributed by atoms with Crippen LogP contribution in [-0.4, -0.2) is 17.7 Å². The summed E-state index contributed by atoms with van der Waals surface area (Å²) in [6.07, 6.45) is 0.329. The topological polar surface area (TPSA) is 51.8 Å². The molecule has 0 saturated carbocycles. The molecule has 0 aromatic carbocycles. The van der Waals surface area contributed by atoms with Crippen LogP contribution in [0.5, 0.6) is 0 Å². The Morgan fingerprint density at radius 1 is 1.54 bits per heavy atom. The predicted molar refractivity (Wildman–Crippen MR) is 45.7 cm³/mol. The van der Waals surface area contributed by atoms with Crippen LogP contribution in [0.1, 0.15) is 19.6 Å².